The minimum absolute atomic E-state index is 0.179. The standard InChI is InChI=1S/C24H20O2/c1-26-23(25)16-15-19-14-13-18-8-3-5-11-21(18)24(19)22-12-6-9-17-7-2-4-10-20(17)22/h2-14H,15-16H2,1H3. The third-order valence-electron chi connectivity index (χ3n) is 4.90. The van der Waals surface area contributed by atoms with Crippen molar-refractivity contribution in [1.29, 1.82) is 0 Å². The predicted molar refractivity (Wildman–Crippen MR) is 107 cm³/mol. The lowest BCUT2D eigenvalue weighted by Crippen LogP contribution is -2.03. The van der Waals surface area contributed by atoms with Gasteiger partial charge in [0.25, 0.3) is 0 Å². The van der Waals surface area contributed by atoms with Crippen molar-refractivity contribution >= 4 is 27.5 Å². The summed E-state index contributed by atoms with van der Waals surface area (Å²) >= 11 is 0. The van der Waals surface area contributed by atoms with E-state index in [0.717, 1.165) is 0 Å². The fraction of sp³-hybridized carbons (Fsp3) is 0.125. The Labute approximate surface area is 153 Å². The maximum Gasteiger partial charge on any atom is 0.305 e. The van der Waals surface area contributed by atoms with Crippen LogP contribution < -0.4 is 0 Å². The molecule has 0 saturated heterocycles. The number of hydrogen-bond acceptors (Lipinski definition) is 2. The normalized spacial score (nSPS) is 11.0. The van der Waals surface area contributed by atoms with Gasteiger partial charge in [-0.3, -0.25) is 4.79 Å². The number of fused-ring (bicyclic) bond motifs is 2. The summed E-state index contributed by atoms with van der Waals surface area (Å²) in [5, 5.41) is 4.87. The number of hydrogen-bond donors (Lipinski definition) is 0. The molecule has 0 amide bonds. The molecule has 0 fully saturated rings. The molecule has 0 aromatic heterocycles. The average Bonchev–Trinajstić information content (AvgIpc) is 2.71. The molecule has 0 spiro atoms. The van der Waals surface area contributed by atoms with Crippen LogP contribution in [0.15, 0.2) is 78.9 Å². The molecule has 128 valence electrons. The van der Waals surface area contributed by atoms with Crippen molar-refractivity contribution in [3.05, 3.63) is 84.4 Å². The lowest BCUT2D eigenvalue weighted by atomic mass is 9.88. The van der Waals surface area contributed by atoms with Crippen molar-refractivity contribution in [2.75, 3.05) is 7.11 Å². The smallest absolute Gasteiger partial charge is 0.305 e. The zero-order valence-electron chi connectivity index (χ0n) is 14.7. The van der Waals surface area contributed by atoms with Gasteiger partial charge in [-0.05, 0) is 44.7 Å². The SMILES string of the molecule is COC(=O)CCc1ccc2ccccc2c1-c1cccc2ccccc12. The molecule has 0 aliphatic rings. The first-order valence-corrected chi connectivity index (χ1v) is 8.83. The highest BCUT2D eigenvalue weighted by molar-refractivity contribution is 6.06. The van der Waals surface area contributed by atoms with Gasteiger partial charge in [-0.25, -0.2) is 0 Å². The van der Waals surface area contributed by atoms with E-state index in [-0.39, 0.29) is 5.97 Å². The summed E-state index contributed by atoms with van der Waals surface area (Å²) in [5.74, 6) is -0.179. The summed E-state index contributed by atoms with van der Waals surface area (Å²) in [6.07, 6.45) is 1.04. The van der Waals surface area contributed by atoms with E-state index >= 15 is 0 Å². The van der Waals surface area contributed by atoms with Crippen LogP contribution in [0.25, 0.3) is 32.7 Å². The van der Waals surface area contributed by atoms with Gasteiger partial charge in [-0.15, -0.1) is 0 Å². The van der Waals surface area contributed by atoms with Crippen LogP contribution >= 0.6 is 0 Å². The first kappa shape index (κ1) is 16.3. The van der Waals surface area contributed by atoms with Crippen molar-refractivity contribution in [3.63, 3.8) is 0 Å². The van der Waals surface area contributed by atoms with Crippen LogP contribution in [0.3, 0.4) is 0 Å². The summed E-state index contributed by atoms with van der Waals surface area (Å²) in [7, 11) is 1.44. The molecule has 26 heavy (non-hydrogen) atoms. The predicted octanol–water partition coefficient (Wildman–Crippen LogP) is 5.77. The topological polar surface area (TPSA) is 26.3 Å². The van der Waals surface area contributed by atoms with Crippen molar-refractivity contribution < 1.29 is 9.53 Å². The zero-order chi connectivity index (χ0) is 17.9. The van der Waals surface area contributed by atoms with Crippen molar-refractivity contribution in [3.8, 4) is 11.1 Å². The first-order chi connectivity index (χ1) is 12.8. The van der Waals surface area contributed by atoms with Gasteiger partial charge in [0.1, 0.15) is 0 Å². The quantitative estimate of drug-likeness (QED) is 0.441. The summed E-state index contributed by atoms with van der Waals surface area (Å²) in [6, 6.07) is 27.5. The third-order valence-corrected chi connectivity index (χ3v) is 4.90. The van der Waals surface area contributed by atoms with Crippen LogP contribution in [0.5, 0.6) is 0 Å². The Hall–Kier alpha value is -3.13. The second kappa shape index (κ2) is 7.01. The minimum Gasteiger partial charge on any atom is -0.469 e. The van der Waals surface area contributed by atoms with Crippen LogP contribution in [0.4, 0.5) is 0 Å². The monoisotopic (exact) mass is 340 g/mol. The van der Waals surface area contributed by atoms with Gasteiger partial charge in [0, 0.05) is 6.42 Å². The highest BCUT2D eigenvalue weighted by atomic mass is 16.5. The van der Waals surface area contributed by atoms with Gasteiger partial charge in [0.15, 0.2) is 0 Å². The molecule has 2 heteroatoms. The lowest BCUT2D eigenvalue weighted by molar-refractivity contribution is -0.140. The number of ether oxygens (including phenoxy) is 1. The number of carbonyl (C=O) groups excluding carboxylic acids is 1. The molecule has 0 atom stereocenters. The fourth-order valence-electron chi connectivity index (χ4n) is 3.63. The van der Waals surface area contributed by atoms with Crippen molar-refractivity contribution in [2.24, 2.45) is 0 Å². The molecule has 0 aliphatic heterocycles. The Morgan fingerprint density at radius 1 is 0.769 bits per heavy atom. The first-order valence-electron chi connectivity index (χ1n) is 8.83. The number of benzene rings is 4. The Balaban J connectivity index is 1.97. The van der Waals surface area contributed by atoms with Gasteiger partial charge in [-0.1, -0.05) is 78.9 Å². The van der Waals surface area contributed by atoms with E-state index in [0.29, 0.717) is 12.8 Å². The molecule has 0 N–H and O–H groups in total. The average molecular weight is 340 g/mol. The van der Waals surface area contributed by atoms with E-state index in [4.69, 9.17) is 4.74 Å². The van der Waals surface area contributed by atoms with Gasteiger partial charge in [0.2, 0.25) is 0 Å². The summed E-state index contributed by atoms with van der Waals surface area (Å²) < 4.78 is 4.84. The molecule has 0 saturated carbocycles. The molecular weight excluding hydrogens is 320 g/mol. The van der Waals surface area contributed by atoms with Gasteiger partial charge < -0.3 is 4.74 Å². The van der Waals surface area contributed by atoms with Crippen LogP contribution in [-0.2, 0) is 16.0 Å². The van der Waals surface area contributed by atoms with Crippen molar-refractivity contribution in [2.45, 2.75) is 12.8 Å². The fourth-order valence-corrected chi connectivity index (χ4v) is 3.63. The van der Waals surface area contributed by atoms with Crippen LogP contribution in [0.1, 0.15) is 12.0 Å². The Kier molecular flexibility index (Phi) is 4.40. The van der Waals surface area contributed by atoms with Gasteiger partial charge in [-0.2, -0.15) is 0 Å². The van der Waals surface area contributed by atoms with Crippen LogP contribution in [0.2, 0.25) is 0 Å². The molecule has 4 aromatic carbocycles. The highest BCUT2D eigenvalue weighted by Crippen LogP contribution is 2.37. The number of rotatable bonds is 4. The molecule has 0 radical (unpaired) electrons. The maximum atomic E-state index is 11.7. The van der Waals surface area contributed by atoms with E-state index in [2.05, 4.69) is 78.9 Å². The van der Waals surface area contributed by atoms with E-state index in [1.54, 1.807) is 0 Å². The number of aryl methyl sites for hydroxylation is 1. The Morgan fingerprint density at radius 3 is 2.19 bits per heavy atom. The number of esters is 1. The van der Waals surface area contributed by atoms with Gasteiger partial charge >= 0.3 is 5.97 Å². The summed E-state index contributed by atoms with van der Waals surface area (Å²) in [5.41, 5.74) is 3.59. The third kappa shape index (κ3) is 2.95. The minimum atomic E-state index is -0.179. The number of methoxy groups -OCH3 is 1. The maximum absolute atomic E-state index is 11.7. The van der Waals surface area contributed by atoms with E-state index in [1.165, 1.54) is 45.3 Å². The lowest BCUT2D eigenvalue weighted by Gasteiger charge is -2.15. The largest absolute Gasteiger partial charge is 0.469 e. The van der Waals surface area contributed by atoms with E-state index in [9.17, 15) is 4.79 Å². The summed E-state index contributed by atoms with van der Waals surface area (Å²) in [6.45, 7) is 0. The number of carbonyl (C=O) groups is 1. The van der Waals surface area contributed by atoms with Crippen LogP contribution in [-0.4, -0.2) is 13.1 Å². The molecule has 2 nitrogen and oxygen atoms in total. The van der Waals surface area contributed by atoms with E-state index < -0.39 is 0 Å². The molecule has 0 unspecified atom stereocenters. The zero-order valence-corrected chi connectivity index (χ0v) is 14.7. The second-order valence-corrected chi connectivity index (χ2v) is 6.42. The van der Waals surface area contributed by atoms with Gasteiger partial charge in [0.05, 0.1) is 7.11 Å². The molecule has 4 rings (SSSR count). The Morgan fingerprint density at radius 2 is 1.42 bits per heavy atom. The second-order valence-electron chi connectivity index (χ2n) is 6.42. The molecule has 0 bridgehead atoms. The summed E-state index contributed by atoms with van der Waals surface area (Å²) in [4.78, 5) is 11.7. The molecule has 4 aromatic rings. The Bertz CT molecular complexity index is 1090. The van der Waals surface area contributed by atoms with E-state index in [1.807, 2.05) is 0 Å². The van der Waals surface area contributed by atoms with Crippen molar-refractivity contribution in [1.82, 2.24) is 0 Å². The highest BCUT2D eigenvalue weighted by Gasteiger charge is 2.14. The molecule has 0 aliphatic carbocycles. The molecular formula is C24H20O2. The molecule has 0 heterocycles. The van der Waals surface area contributed by atoms with Crippen LogP contribution in [0, 0.1) is 0 Å².